The van der Waals surface area contributed by atoms with Crippen LogP contribution in [0.3, 0.4) is 0 Å². The van der Waals surface area contributed by atoms with Gasteiger partial charge in [0.15, 0.2) is 11.5 Å². The van der Waals surface area contributed by atoms with Crippen molar-refractivity contribution in [2.24, 2.45) is 0 Å². The van der Waals surface area contributed by atoms with Crippen LogP contribution < -0.4 is 24.4 Å². The normalized spacial score (nSPS) is 18.4. The molecule has 0 atom stereocenters. The van der Waals surface area contributed by atoms with E-state index in [-0.39, 0.29) is 18.2 Å². The molecule has 2 aliphatic heterocycles. The molecule has 0 unspecified atom stereocenters. The van der Waals surface area contributed by atoms with E-state index in [1.54, 1.807) is 45.6 Å². The summed E-state index contributed by atoms with van der Waals surface area (Å²) in [7, 11) is 4.78. The number of nitrogens with zero attached hydrogens (tertiary/aromatic N) is 1. The number of hydrogen-bond acceptors (Lipinski definition) is 7. The number of methoxy groups -OCH3 is 3. The van der Waals surface area contributed by atoms with Crippen molar-refractivity contribution in [1.82, 2.24) is 5.32 Å². The Morgan fingerprint density at radius 2 is 1.73 bits per heavy atom. The molecule has 2 heterocycles. The summed E-state index contributed by atoms with van der Waals surface area (Å²) in [5.41, 5.74) is 3.13. The fourth-order valence-corrected chi connectivity index (χ4v) is 4.27. The number of carbonyl (C=O) groups excluding carboxylic acids is 1. The predicted molar refractivity (Wildman–Crippen MR) is 118 cm³/mol. The second kappa shape index (κ2) is 8.16. The van der Waals surface area contributed by atoms with Crippen LogP contribution in [0.25, 0.3) is 5.70 Å². The third kappa shape index (κ3) is 3.50. The molecule has 2 aromatic rings. The number of anilines is 1. The van der Waals surface area contributed by atoms with Gasteiger partial charge in [0.1, 0.15) is 11.6 Å². The van der Waals surface area contributed by atoms with Gasteiger partial charge in [0, 0.05) is 16.5 Å². The second-order valence-electron chi connectivity index (χ2n) is 6.60. The third-order valence-electron chi connectivity index (χ3n) is 4.93. The molecule has 8 heteroatoms. The topological polar surface area (TPSA) is 83.9 Å². The average Bonchev–Trinajstić information content (AvgIpc) is 3.37. The van der Waals surface area contributed by atoms with E-state index in [2.05, 4.69) is 5.32 Å². The van der Waals surface area contributed by atoms with E-state index >= 15 is 0 Å². The van der Waals surface area contributed by atoms with Gasteiger partial charge in [-0.15, -0.1) is 0 Å². The van der Waals surface area contributed by atoms with Crippen LogP contribution in [0.4, 0.5) is 5.69 Å². The number of benzene rings is 2. The predicted octanol–water partition coefficient (Wildman–Crippen LogP) is 3.97. The van der Waals surface area contributed by atoms with Crippen LogP contribution in [-0.4, -0.2) is 33.1 Å². The standard InChI is InChI=1S/C22H21N3O4S/c1-27-15-7-5-14(6-8-15)25-20(26)11-16(21(25)23)22-24-17(12-30-22)13-4-9-18(28-2)19(10-13)29-3/h4-10,12,23-24H,11H2,1-3H3. The first-order chi connectivity index (χ1) is 14.5. The Bertz CT molecular complexity index is 1080. The Balaban J connectivity index is 1.57. The number of amides is 1. The molecule has 2 N–H and O–H groups in total. The van der Waals surface area contributed by atoms with Crippen molar-refractivity contribution in [2.75, 3.05) is 26.2 Å². The largest absolute Gasteiger partial charge is 0.497 e. The van der Waals surface area contributed by atoms with Crippen LogP contribution >= 0.6 is 11.8 Å². The highest BCUT2D eigenvalue weighted by atomic mass is 32.2. The van der Waals surface area contributed by atoms with Gasteiger partial charge >= 0.3 is 0 Å². The van der Waals surface area contributed by atoms with Gasteiger partial charge in [0.05, 0.1) is 44.2 Å². The maximum absolute atomic E-state index is 12.6. The van der Waals surface area contributed by atoms with E-state index in [1.807, 2.05) is 23.6 Å². The minimum Gasteiger partial charge on any atom is -0.497 e. The van der Waals surface area contributed by atoms with Gasteiger partial charge < -0.3 is 19.5 Å². The lowest BCUT2D eigenvalue weighted by Crippen LogP contribution is -2.28. The van der Waals surface area contributed by atoms with Crippen molar-refractivity contribution in [3.63, 3.8) is 0 Å². The van der Waals surface area contributed by atoms with Crippen LogP contribution in [0.1, 0.15) is 12.0 Å². The summed E-state index contributed by atoms with van der Waals surface area (Å²) in [5.74, 6) is 2.05. The zero-order valence-electron chi connectivity index (χ0n) is 16.8. The van der Waals surface area contributed by atoms with Crippen molar-refractivity contribution in [3.8, 4) is 17.2 Å². The summed E-state index contributed by atoms with van der Waals surface area (Å²) in [6, 6.07) is 12.8. The number of ether oxygens (including phenoxy) is 3. The molecule has 154 valence electrons. The Morgan fingerprint density at radius 3 is 2.40 bits per heavy atom. The maximum Gasteiger partial charge on any atom is 0.237 e. The van der Waals surface area contributed by atoms with Crippen LogP contribution in [0.15, 0.2) is 58.5 Å². The lowest BCUT2D eigenvalue weighted by atomic mass is 10.1. The first-order valence-corrected chi connectivity index (χ1v) is 10.1. The number of thioether (sulfide) groups is 1. The molecule has 1 saturated heterocycles. The van der Waals surface area contributed by atoms with Crippen molar-refractivity contribution in [1.29, 1.82) is 5.41 Å². The number of rotatable bonds is 5. The van der Waals surface area contributed by atoms with Gasteiger partial charge in [-0.25, -0.2) is 0 Å². The maximum atomic E-state index is 12.6. The zero-order valence-corrected chi connectivity index (χ0v) is 17.6. The van der Waals surface area contributed by atoms with Crippen LogP contribution in [0.2, 0.25) is 0 Å². The summed E-state index contributed by atoms with van der Waals surface area (Å²) < 4.78 is 15.8. The lowest BCUT2D eigenvalue weighted by Gasteiger charge is -2.16. The van der Waals surface area contributed by atoms with Crippen LogP contribution in [-0.2, 0) is 4.79 Å². The molecular weight excluding hydrogens is 402 g/mol. The minimum atomic E-state index is -0.130. The Labute approximate surface area is 178 Å². The Kier molecular flexibility index (Phi) is 5.41. The Morgan fingerprint density at radius 1 is 1.00 bits per heavy atom. The van der Waals surface area contributed by atoms with Crippen LogP contribution in [0, 0.1) is 5.41 Å². The average molecular weight is 423 g/mol. The summed E-state index contributed by atoms with van der Waals surface area (Å²) in [5, 5.41) is 14.7. The summed E-state index contributed by atoms with van der Waals surface area (Å²) in [6.07, 6.45) is 0.174. The molecule has 2 aliphatic rings. The Hall–Kier alpha value is -3.39. The number of amidine groups is 1. The SMILES string of the molecule is COc1ccc(N2C(=N)C(=C3NC(c4ccc(OC)c(OC)c4)=CS3)CC2=O)cc1. The van der Waals surface area contributed by atoms with Gasteiger partial charge in [-0.05, 0) is 42.5 Å². The van der Waals surface area contributed by atoms with E-state index in [0.717, 1.165) is 16.3 Å². The lowest BCUT2D eigenvalue weighted by molar-refractivity contribution is -0.116. The number of hydrogen-bond donors (Lipinski definition) is 2. The van der Waals surface area contributed by atoms with Gasteiger partial charge in [-0.2, -0.15) is 0 Å². The van der Waals surface area contributed by atoms with Gasteiger partial charge in [-0.1, -0.05) is 11.8 Å². The molecule has 1 fully saturated rings. The minimum absolute atomic E-state index is 0.130. The van der Waals surface area contributed by atoms with Crippen LogP contribution in [0.5, 0.6) is 17.2 Å². The van der Waals surface area contributed by atoms with Gasteiger partial charge in [0.25, 0.3) is 0 Å². The van der Waals surface area contributed by atoms with E-state index in [9.17, 15) is 4.79 Å². The molecule has 1 amide bonds. The molecule has 30 heavy (non-hydrogen) atoms. The highest BCUT2D eigenvalue weighted by Crippen LogP contribution is 2.39. The van der Waals surface area contributed by atoms with Gasteiger partial charge in [-0.3, -0.25) is 15.1 Å². The monoisotopic (exact) mass is 423 g/mol. The smallest absolute Gasteiger partial charge is 0.237 e. The fraction of sp³-hybridized carbons (Fsp3) is 0.182. The first-order valence-electron chi connectivity index (χ1n) is 9.21. The quantitative estimate of drug-likeness (QED) is 0.757. The molecule has 7 nitrogen and oxygen atoms in total. The molecule has 0 bridgehead atoms. The fourth-order valence-electron chi connectivity index (χ4n) is 3.36. The van der Waals surface area contributed by atoms with E-state index in [1.165, 1.54) is 16.7 Å². The van der Waals surface area contributed by atoms with E-state index in [0.29, 0.717) is 28.5 Å². The molecule has 0 aromatic heterocycles. The van der Waals surface area contributed by atoms with Crippen molar-refractivity contribution < 1.29 is 19.0 Å². The van der Waals surface area contributed by atoms with E-state index in [4.69, 9.17) is 19.6 Å². The molecule has 2 aromatic carbocycles. The third-order valence-corrected chi connectivity index (χ3v) is 5.87. The second-order valence-corrected chi connectivity index (χ2v) is 7.48. The molecular formula is C22H21N3O4S. The molecule has 0 radical (unpaired) electrons. The summed E-state index contributed by atoms with van der Waals surface area (Å²) >= 11 is 1.47. The number of nitrogens with one attached hydrogen (secondary N) is 2. The molecule has 0 aliphatic carbocycles. The highest BCUT2D eigenvalue weighted by molar-refractivity contribution is 8.06. The first kappa shape index (κ1) is 19.9. The summed E-state index contributed by atoms with van der Waals surface area (Å²) in [6.45, 7) is 0. The summed E-state index contributed by atoms with van der Waals surface area (Å²) in [4.78, 5) is 14.1. The van der Waals surface area contributed by atoms with Crippen molar-refractivity contribution in [2.45, 2.75) is 6.42 Å². The number of carbonyl (C=O) groups is 1. The van der Waals surface area contributed by atoms with Crippen molar-refractivity contribution in [3.05, 3.63) is 64.0 Å². The highest BCUT2D eigenvalue weighted by Gasteiger charge is 2.35. The molecule has 0 saturated carbocycles. The van der Waals surface area contributed by atoms with Crippen molar-refractivity contribution >= 4 is 34.9 Å². The zero-order chi connectivity index (χ0) is 21.3. The molecule has 4 rings (SSSR count). The van der Waals surface area contributed by atoms with Gasteiger partial charge in [0.2, 0.25) is 5.91 Å². The van der Waals surface area contributed by atoms with E-state index < -0.39 is 0 Å². The molecule has 0 spiro atoms.